The van der Waals surface area contributed by atoms with E-state index in [1.165, 1.54) is 19.1 Å². The number of methoxy groups -OCH3 is 2. The molecule has 0 unspecified atom stereocenters. The van der Waals surface area contributed by atoms with E-state index in [0.717, 1.165) is 12.8 Å². The number of piperidine rings is 1. The van der Waals surface area contributed by atoms with Gasteiger partial charge in [0.1, 0.15) is 0 Å². The number of nitrogens with one attached hydrogen (secondary N) is 1. The average Bonchev–Trinajstić information content (AvgIpc) is 3.57. The summed E-state index contributed by atoms with van der Waals surface area (Å²) in [5.41, 5.74) is 0.727. The van der Waals surface area contributed by atoms with Crippen molar-refractivity contribution in [1.82, 2.24) is 9.80 Å². The van der Waals surface area contributed by atoms with Gasteiger partial charge in [-0.1, -0.05) is 0 Å². The van der Waals surface area contributed by atoms with Crippen LogP contribution in [0.5, 0.6) is 11.5 Å². The molecule has 1 aliphatic heterocycles. The minimum Gasteiger partial charge on any atom is -0.493 e. The van der Waals surface area contributed by atoms with Crippen molar-refractivity contribution in [2.45, 2.75) is 25.7 Å². The third-order valence-electron chi connectivity index (χ3n) is 5.52. The van der Waals surface area contributed by atoms with Crippen LogP contribution in [-0.4, -0.2) is 68.9 Å². The van der Waals surface area contributed by atoms with Crippen molar-refractivity contribution in [2.24, 2.45) is 11.8 Å². The van der Waals surface area contributed by atoms with Crippen molar-refractivity contribution in [3.63, 3.8) is 0 Å². The molecule has 0 aromatic heterocycles. The molecule has 0 spiro atoms. The fourth-order valence-corrected chi connectivity index (χ4v) is 3.59. The highest BCUT2D eigenvalue weighted by Gasteiger charge is 2.36. The fraction of sp³-hybridized carbons (Fsp3) is 0.571. The number of carbonyl (C=O) groups excluding carboxylic acids is 3. The molecule has 1 aliphatic carbocycles. The summed E-state index contributed by atoms with van der Waals surface area (Å²) in [7, 11) is 6.30. The first-order chi connectivity index (χ1) is 13.8. The van der Waals surface area contributed by atoms with Crippen molar-refractivity contribution < 1.29 is 23.9 Å². The molecule has 2 aliphatic rings. The molecule has 8 heteroatoms. The highest BCUT2D eigenvalue weighted by atomic mass is 16.5. The first kappa shape index (κ1) is 21.0. The molecule has 158 valence electrons. The van der Waals surface area contributed by atoms with Crippen LogP contribution < -0.4 is 14.8 Å². The van der Waals surface area contributed by atoms with Gasteiger partial charge in [-0.2, -0.15) is 0 Å². The van der Waals surface area contributed by atoms with Crippen molar-refractivity contribution in [3.8, 4) is 11.5 Å². The SMILES string of the molecule is COc1cc(NC(=O)C2CCN(C(=O)C3CC3)CC2)c(C(=O)N(C)C)cc1OC. The molecular formula is C21H29N3O5. The molecule has 3 rings (SSSR count). The van der Waals surface area contributed by atoms with Crippen molar-refractivity contribution in [2.75, 3.05) is 46.7 Å². The Morgan fingerprint density at radius 3 is 2.07 bits per heavy atom. The summed E-state index contributed by atoms with van der Waals surface area (Å²) in [6.07, 6.45) is 3.21. The summed E-state index contributed by atoms with van der Waals surface area (Å²) < 4.78 is 10.6. The van der Waals surface area contributed by atoms with Crippen LogP contribution in [0.1, 0.15) is 36.0 Å². The van der Waals surface area contributed by atoms with Gasteiger partial charge in [0.25, 0.3) is 5.91 Å². The Labute approximate surface area is 171 Å². The van der Waals surface area contributed by atoms with Crippen LogP contribution in [0.4, 0.5) is 5.69 Å². The van der Waals surface area contributed by atoms with Gasteiger partial charge in [0, 0.05) is 45.1 Å². The lowest BCUT2D eigenvalue weighted by atomic mass is 9.95. The molecule has 1 aromatic rings. The molecule has 8 nitrogen and oxygen atoms in total. The van der Waals surface area contributed by atoms with Crippen LogP contribution in [0, 0.1) is 11.8 Å². The van der Waals surface area contributed by atoms with E-state index in [1.54, 1.807) is 26.2 Å². The summed E-state index contributed by atoms with van der Waals surface area (Å²) in [5.74, 6) is 0.684. The lowest BCUT2D eigenvalue weighted by molar-refractivity contribution is -0.135. The zero-order chi connectivity index (χ0) is 21.1. The number of benzene rings is 1. The Morgan fingerprint density at radius 1 is 0.966 bits per heavy atom. The minimum atomic E-state index is -0.244. The van der Waals surface area contributed by atoms with Gasteiger partial charge in [-0.3, -0.25) is 14.4 Å². The van der Waals surface area contributed by atoms with Gasteiger partial charge in [-0.15, -0.1) is 0 Å². The van der Waals surface area contributed by atoms with E-state index < -0.39 is 0 Å². The monoisotopic (exact) mass is 403 g/mol. The Balaban J connectivity index is 1.73. The summed E-state index contributed by atoms with van der Waals surface area (Å²) in [4.78, 5) is 41.0. The largest absolute Gasteiger partial charge is 0.493 e. The Morgan fingerprint density at radius 2 is 1.55 bits per heavy atom. The van der Waals surface area contributed by atoms with Gasteiger partial charge < -0.3 is 24.6 Å². The number of ether oxygens (including phenoxy) is 2. The molecule has 1 saturated heterocycles. The fourth-order valence-electron chi connectivity index (χ4n) is 3.59. The standard InChI is InChI=1S/C21H29N3O5/c1-23(2)21(27)15-11-17(28-3)18(29-4)12-16(15)22-19(25)13-7-9-24(10-8-13)20(26)14-5-6-14/h11-14H,5-10H2,1-4H3,(H,22,25). The maximum atomic E-state index is 12.9. The molecule has 0 radical (unpaired) electrons. The minimum absolute atomic E-state index is 0.149. The van der Waals surface area contributed by atoms with E-state index in [2.05, 4.69) is 5.32 Å². The van der Waals surface area contributed by atoms with Gasteiger partial charge in [0.05, 0.1) is 25.5 Å². The van der Waals surface area contributed by atoms with Crippen molar-refractivity contribution in [3.05, 3.63) is 17.7 Å². The summed E-state index contributed by atoms with van der Waals surface area (Å²) >= 11 is 0. The molecule has 29 heavy (non-hydrogen) atoms. The number of carbonyl (C=O) groups is 3. The van der Waals surface area contributed by atoms with Gasteiger partial charge in [0.15, 0.2) is 11.5 Å². The van der Waals surface area contributed by atoms with Crippen molar-refractivity contribution in [1.29, 1.82) is 0 Å². The zero-order valence-electron chi connectivity index (χ0n) is 17.5. The molecule has 0 atom stereocenters. The zero-order valence-corrected chi connectivity index (χ0v) is 17.5. The number of rotatable bonds is 6. The van der Waals surface area contributed by atoms with Crippen LogP contribution in [-0.2, 0) is 9.59 Å². The lowest BCUT2D eigenvalue weighted by Gasteiger charge is -2.31. The Kier molecular flexibility index (Phi) is 6.30. The maximum Gasteiger partial charge on any atom is 0.255 e. The Hall–Kier alpha value is -2.77. The summed E-state index contributed by atoms with van der Waals surface area (Å²) in [5, 5.41) is 2.90. The first-order valence-corrected chi connectivity index (χ1v) is 9.93. The molecule has 0 bridgehead atoms. The van der Waals surface area contributed by atoms with E-state index in [9.17, 15) is 14.4 Å². The predicted octanol–water partition coefficient (Wildman–Crippen LogP) is 1.99. The van der Waals surface area contributed by atoms with E-state index in [4.69, 9.17) is 9.47 Å². The molecule has 1 aromatic carbocycles. The van der Waals surface area contributed by atoms with E-state index in [1.807, 2.05) is 4.90 Å². The highest BCUT2D eigenvalue weighted by Crippen LogP contribution is 2.35. The van der Waals surface area contributed by atoms with Gasteiger partial charge >= 0.3 is 0 Å². The molecule has 1 N–H and O–H groups in total. The van der Waals surface area contributed by atoms with Gasteiger partial charge in [-0.05, 0) is 31.7 Å². The molecule has 1 saturated carbocycles. The second-order valence-electron chi connectivity index (χ2n) is 7.82. The van der Waals surface area contributed by atoms with Crippen LogP contribution in [0.15, 0.2) is 12.1 Å². The smallest absolute Gasteiger partial charge is 0.255 e. The number of nitrogens with zero attached hydrogens (tertiary/aromatic N) is 2. The maximum absolute atomic E-state index is 12.9. The topological polar surface area (TPSA) is 88.2 Å². The van der Waals surface area contributed by atoms with Crippen molar-refractivity contribution >= 4 is 23.4 Å². The quantitative estimate of drug-likeness (QED) is 0.785. The van der Waals surface area contributed by atoms with Crippen LogP contribution in [0.2, 0.25) is 0 Å². The Bertz CT molecular complexity index is 796. The van der Waals surface area contributed by atoms with Crippen LogP contribution in [0.3, 0.4) is 0 Å². The summed E-state index contributed by atoms with van der Waals surface area (Å²) in [6.45, 7) is 1.20. The molecule has 1 heterocycles. The molecule has 3 amide bonds. The van der Waals surface area contributed by atoms with Crippen LogP contribution in [0.25, 0.3) is 0 Å². The lowest BCUT2D eigenvalue weighted by Crippen LogP contribution is -2.42. The van der Waals surface area contributed by atoms with Gasteiger partial charge in [0.2, 0.25) is 11.8 Å². The second-order valence-corrected chi connectivity index (χ2v) is 7.82. The highest BCUT2D eigenvalue weighted by molar-refractivity contribution is 6.05. The summed E-state index contributed by atoms with van der Waals surface area (Å²) in [6, 6.07) is 3.19. The predicted molar refractivity (Wildman–Crippen MR) is 108 cm³/mol. The van der Waals surface area contributed by atoms with Gasteiger partial charge in [-0.25, -0.2) is 0 Å². The number of likely N-dealkylation sites (tertiary alicyclic amines) is 1. The number of amides is 3. The van der Waals surface area contributed by atoms with E-state index in [-0.39, 0.29) is 29.6 Å². The molecular weight excluding hydrogens is 374 g/mol. The van der Waals surface area contributed by atoms with E-state index in [0.29, 0.717) is 48.7 Å². The van der Waals surface area contributed by atoms with E-state index >= 15 is 0 Å². The number of hydrogen-bond acceptors (Lipinski definition) is 5. The first-order valence-electron chi connectivity index (χ1n) is 9.93. The van der Waals surface area contributed by atoms with Crippen LogP contribution >= 0.6 is 0 Å². The molecule has 2 fully saturated rings. The third-order valence-corrected chi connectivity index (χ3v) is 5.52. The number of anilines is 1. The second kappa shape index (κ2) is 8.71. The average molecular weight is 403 g/mol. The normalized spacial score (nSPS) is 16.9. The third kappa shape index (κ3) is 4.63. The number of hydrogen-bond donors (Lipinski definition) is 1.